The topological polar surface area (TPSA) is 44.2 Å². The molecular weight excluding hydrogens is 423 g/mol. The van der Waals surface area contributed by atoms with Crippen molar-refractivity contribution in [1.82, 2.24) is 0 Å². The van der Waals surface area contributed by atoms with Crippen molar-refractivity contribution < 1.29 is 4.79 Å². The number of hydrogen-bond acceptors (Lipinski definition) is 2. The molecule has 1 aliphatic heterocycles. The molecule has 5 rings (SSSR count). The van der Waals surface area contributed by atoms with Gasteiger partial charge in [-0.25, -0.2) is 0 Å². The molecule has 1 aliphatic rings. The summed E-state index contributed by atoms with van der Waals surface area (Å²) in [5.41, 5.74) is 1.94. The van der Waals surface area contributed by atoms with Gasteiger partial charge in [-0.15, -0.1) is 0 Å². The van der Waals surface area contributed by atoms with Crippen LogP contribution in [0.4, 0.5) is 5.69 Å². The van der Waals surface area contributed by atoms with Crippen LogP contribution in [0.25, 0.3) is 0 Å². The Kier molecular flexibility index (Phi) is 5.66. The van der Waals surface area contributed by atoms with E-state index >= 15 is 0 Å². The van der Waals surface area contributed by atoms with Gasteiger partial charge in [0.15, 0.2) is 0 Å². The molecule has 0 bridgehead atoms. The smallest absolute Gasteiger partial charge is 0.275 e. The molecule has 1 saturated heterocycles. The largest absolute Gasteiger partial charge is 0.303 e. The number of rotatable bonds is 5. The summed E-state index contributed by atoms with van der Waals surface area (Å²) in [7, 11) is -2.50. The van der Waals surface area contributed by atoms with Crippen LogP contribution in [0.1, 0.15) is 5.56 Å². The Balaban J connectivity index is 1.77. The molecule has 4 aromatic rings. The first-order valence-electron chi connectivity index (χ1n) is 11.1. The Hall–Kier alpha value is -3.55. The minimum absolute atomic E-state index is 0.00810. The highest BCUT2D eigenvalue weighted by atomic mass is 31.2. The molecule has 3 nitrogen and oxygen atoms in total. The minimum Gasteiger partial charge on any atom is -0.303 e. The van der Waals surface area contributed by atoms with Crippen LogP contribution in [0.3, 0.4) is 0 Å². The molecule has 1 amide bonds. The van der Waals surface area contributed by atoms with Crippen molar-refractivity contribution in [2.75, 3.05) is 11.4 Å². The summed E-state index contributed by atoms with van der Waals surface area (Å²) in [6.07, 6.45) is 0. The maximum Gasteiger partial charge on any atom is 0.275 e. The fraction of sp³-hybridized carbons (Fsp3) is 0.103. The molecule has 162 valence electrons. The lowest BCUT2D eigenvalue weighted by Gasteiger charge is -2.31. The van der Waals surface area contributed by atoms with E-state index in [1.807, 2.05) is 85.8 Å². The Bertz CT molecular complexity index is 1180. The first kappa shape index (κ1) is 21.3. The van der Waals surface area contributed by atoms with Gasteiger partial charge < -0.3 is 10.3 Å². The molecule has 1 heterocycles. The minimum atomic E-state index is -2.50. The van der Waals surface area contributed by atoms with Gasteiger partial charge in [0.25, 0.3) is 5.91 Å². The van der Waals surface area contributed by atoms with Crippen molar-refractivity contribution in [2.45, 2.75) is 12.6 Å². The summed E-state index contributed by atoms with van der Waals surface area (Å²) in [5.74, 6) is 0.00810. The van der Waals surface area contributed by atoms with E-state index in [1.54, 1.807) is 4.90 Å². The first-order valence-corrected chi connectivity index (χ1v) is 13.0. The molecular formula is C29H26N2OP+. The van der Waals surface area contributed by atoms with Crippen molar-refractivity contribution in [3.05, 3.63) is 121 Å². The lowest BCUT2D eigenvalue weighted by Crippen LogP contribution is -2.44. The molecule has 4 aromatic carbocycles. The van der Waals surface area contributed by atoms with Gasteiger partial charge in [-0.2, -0.15) is 0 Å². The van der Waals surface area contributed by atoms with Gasteiger partial charge in [-0.1, -0.05) is 72.3 Å². The Morgan fingerprint density at radius 1 is 0.697 bits per heavy atom. The van der Waals surface area contributed by atoms with Crippen molar-refractivity contribution in [2.24, 2.45) is 0 Å². The molecule has 33 heavy (non-hydrogen) atoms. The number of hydrogen-bond donors (Lipinski definition) is 1. The maximum absolute atomic E-state index is 14.2. The predicted molar refractivity (Wildman–Crippen MR) is 140 cm³/mol. The van der Waals surface area contributed by atoms with E-state index in [9.17, 15) is 4.79 Å². The number of amides is 1. The monoisotopic (exact) mass is 449 g/mol. The van der Waals surface area contributed by atoms with E-state index in [4.69, 9.17) is 5.41 Å². The van der Waals surface area contributed by atoms with Crippen LogP contribution in [-0.2, 0) is 4.79 Å². The SMILES string of the molecule is Cc1ccc(N2CC(=N)[C@@H]([P+](c3ccccc3)(c3ccccc3)c3ccccc3)C2=O)cc1. The van der Waals surface area contributed by atoms with Gasteiger partial charge in [0, 0.05) is 5.69 Å². The van der Waals surface area contributed by atoms with Crippen LogP contribution in [0.2, 0.25) is 0 Å². The highest BCUT2D eigenvalue weighted by Gasteiger charge is 2.61. The molecule has 1 atom stereocenters. The van der Waals surface area contributed by atoms with Gasteiger partial charge in [0.05, 0.1) is 12.3 Å². The van der Waals surface area contributed by atoms with E-state index in [2.05, 4.69) is 36.4 Å². The average molecular weight is 450 g/mol. The predicted octanol–water partition coefficient (Wildman–Crippen LogP) is 4.72. The summed E-state index contributed by atoms with van der Waals surface area (Å²) >= 11 is 0. The summed E-state index contributed by atoms with van der Waals surface area (Å²) in [6.45, 7) is 2.36. The number of benzene rings is 4. The van der Waals surface area contributed by atoms with E-state index in [0.717, 1.165) is 27.2 Å². The third kappa shape index (κ3) is 3.59. The fourth-order valence-electron chi connectivity index (χ4n) is 4.86. The molecule has 0 aromatic heterocycles. The van der Waals surface area contributed by atoms with Crippen LogP contribution < -0.4 is 20.8 Å². The van der Waals surface area contributed by atoms with Crippen LogP contribution in [0.15, 0.2) is 115 Å². The average Bonchev–Trinajstić information content (AvgIpc) is 3.17. The van der Waals surface area contributed by atoms with Gasteiger partial charge >= 0.3 is 0 Å². The third-order valence-corrected chi connectivity index (χ3v) is 11.0. The number of carbonyl (C=O) groups is 1. The number of anilines is 1. The zero-order chi connectivity index (χ0) is 22.8. The number of aryl methyl sites for hydroxylation is 1. The normalized spacial score (nSPS) is 16.3. The number of nitrogens with one attached hydrogen (secondary N) is 1. The number of carbonyl (C=O) groups excluding carboxylic acids is 1. The number of nitrogens with zero attached hydrogens (tertiary/aromatic N) is 1. The standard InChI is InChI=1S/C29H26N2OP/c1-22-17-19-23(20-18-22)31-21-27(30)28(29(31)32)33(24-11-5-2-6-12-24,25-13-7-3-8-14-25)26-15-9-4-10-16-26/h2-20,28,30H,21H2,1H3/q+1/t28-/m1/s1. The molecule has 0 aliphatic carbocycles. The zero-order valence-corrected chi connectivity index (χ0v) is 19.5. The van der Waals surface area contributed by atoms with Gasteiger partial charge in [-0.05, 0) is 55.5 Å². The lowest BCUT2D eigenvalue weighted by atomic mass is 10.2. The summed E-state index contributed by atoms with van der Waals surface area (Å²) in [4.78, 5) is 16.0. The highest BCUT2D eigenvalue weighted by Crippen LogP contribution is 2.61. The highest BCUT2D eigenvalue weighted by molar-refractivity contribution is 7.97. The van der Waals surface area contributed by atoms with Gasteiger partial charge in [0.2, 0.25) is 5.66 Å². The second kappa shape index (κ2) is 8.77. The van der Waals surface area contributed by atoms with Crippen LogP contribution in [0, 0.1) is 12.3 Å². The summed E-state index contributed by atoms with van der Waals surface area (Å²) in [5, 5.41) is 12.5. The Morgan fingerprint density at radius 3 is 1.55 bits per heavy atom. The lowest BCUT2D eigenvalue weighted by molar-refractivity contribution is -0.116. The van der Waals surface area contributed by atoms with Crippen LogP contribution >= 0.6 is 7.26 Å². The molecule has 4 heteroatoms. The maximum atomic E-state index is 14.2. The van der Waals surface area contributed by atoms with E-state index < -0.39 is 12.9 Å². The van der Waals surface area contributed by atoms with E-state index in [-0.39, 0.29) is 5.91 Å². The van der Waals surface area contributed by atoms with Gasteiger partial charge in [-0.3, -0.25) is 4.79 Å². The zero-order valence-electron chi connectivity index (χ0n) is 18.6. The second-order valence-corrected chi connectivity index (χ2v) is 11.9. The molecule has 0 unspecified atom stereocenters. The van der Waals surface area contributed by atoms with Crippen molar-refractivity contribution in [3.8, 4) is 0 Å². The second-order valence-electron chi connectivity index (χ2n) is 8.42. The van der Waals surface area contributed by atoms with Gasteiger partial charge in [0.1, 0.15) is 23.2 Å². The van der Waals surface area contributed by atoms with Crippen molar-refractivity contribution >= 4 is 40.5 Å². The molecule has 1 fully saturated rings. The quantitative estimate of drug-likeness (QED) is 0.440. The Labute approximate surface area is 195 Å². The van der Waals surface area contributed by atoms with Crippen molar-refractivity contribution in [1.29, 1.82) is 5.41 Å². The fourth-order valence-corrected chi connectivity index (χ4v) is 9.59. The molecule has 0 radical (unpaired) electrons. The third-order valence-electron chi connectivity index (χ3n) is 6.38. The summed E-state index contributed by atoms with van der Waals surface area (Å²) in [6, 6.07) is 39.0. The molecule has 0 spiro atoms. The van der Waals surface area contributed by atoms with Crippen molar-refractivity contribution in [3.63, 3.8) is 0 Å². The molecule has 1 N–H and O–H groups in total. The van der Waals surface area contributed by atoms with E-state index in [0.29, 0.717) is 12.3 Å². The van der Waals surface area contributed by atoms with E-state index in [1.165, 1.54) is 0 Å². The molecule has 0 saturated carbocycles. The van der Waals surface area contributed by atoms with Crippen LogP contribution in [0.5, 0.6) is 0 Å². The summed E-state index contributed by atoms with van der Waals surface area (Å²) < 4.78 is 0. The first-order chi connectivity index (χ1) is 16.1. The Morgan fingerprint density at radius 2 is 1.12 bits per heavy atom. The van der Waals surface area contributed by atoms with Crippen LogP contribution in [-0.4, -0.2) is 23.8 Å².